The van der Waals surface area contributed by atoms with Crippen molar-refractivity contribution in [2.45, 2.75) is 25.9 Å². The fourth-order valence-corrected chi connectivity index (χ4v) is 2.45. The van der Waals surface area contributed by atoms with E-state index >= 15 is 0 Å². The van der Waals surface area contributed by atoms with Gasteiger partial charge in [-0.2, -0.15) is 0 Å². The third kappa shape index (κ3) is 3.47. The van der Waals surface area contributed by atoms with Gasteiger partial charge in [0.15, 0.2) is 0 Å². The molecular weight excluding hydrogens is 226 g/mol. The van der Waals surface area contributed by atoms with Crippen LogP contribution in [0.1, 0.15) is 18.9 Å². The molecular formula is C14H21N3O. The Hall–Kier alpha value is -1.55. The number of carbonyl (C=O) groups is 1. The molecule has 2 atom stereocenters. The van der Waals surface area contributed by atoms with E-state index in [-0.39, 0.29) is 12.1 Å². The number of urea groups is 1. The summed E-state index contributed by atoms with van der Waals surface area (Å²) in [4.78, 5) is 13.8. The zero-order valence-electron chi connectivity index (χ0n) is 10.8. The molecule has 1 aliphatic rings. The topological polar surface area (TPSA) is 58.4 Å². The molecule has 0 spiro atoms. The number of benzene rings is 1. The van der Waals surface area contributed by atoms with Crippen molar-refractivity contribution in [1.29, 1.82) is 0 Å². The first kappa shape index (κ1) is 12.9. The average molecular weight is 247 g/mol. The van der Waals surface area contributed by atoms with E-state index in [4.69, 9.17) is 5.73 Å². The molecule has 0 aromatic heterocycles. The molecule has 4 heteroatoms. The maximum Gasteiger partial charge on any atom is 0.317 e. The summed E-state index contributed by atoms with van der Waals surface area (Å²) < 4.78 is 0. The predicted octanol–water partition coefficient (Wildman–Crippen LogP) is 1.57. The highest BCUT2D eigenvalue weighted by Gasteiger charge is 2.25. The minimum atomic E-state index is -0.0131. The van der Waals surface area contributed by atoms with Crippen LogP contribution in [0, 0.1) is 5.92 Å². The third-order valence-corrected chi connectivity index (χ3v) is 3.27. The summed E-state index contributed by atoms with van der Waals surface area (Å²) in [5.74, 6) is 0.483. The molecule has 1 aromatic rings. The number of hydrogen-bond acceptors (Lipinski definition) is 2. The fourth-order valence-electron chi connectivity index (χ4n) is 2.45. The number of amides is 2. The second-order valence-corrected chi connectivity index (χ2v) is 5.15. The van der Waals surface area contributed by atoms with Gasteiger partial charge >= 0.3 is 6.03 Å². The Morgan fingerprint density at radius 2 is 2.11 bits per heavy atom. The van der Waals surface area contributed by atoms with Crippen molar-refractivity contribution in [3.63, 3.8) is 0 Å². The number of hydrogen-bond donors (Lipinski definition) is 2. The zero-order chi connectivity index (χ0) is 13.0. The standard InChI is InChI=1S/C14H21N3O/c1-11-7-13(15)10-17(9-11)14(18)16-8-12-5-3-2-4-6-12/h2-6,11,13H,7-10,15H2,1H3,(H,16,18). The van der Waals surface area contributed by atoms with E-state index in [2.05, 4.69) is 12.2 Å². The van der Waals surface area contributed by atoms with Gasteiger partial charge in [-0.1, -0.05) is 37.3 Å². The highest BCUT2D eigenvalue weighted by molar-refractivity contribution is 5.74. The van der Waals surface area contributed by atoms with Crippen LogP contribution in [-0.4, -0.2) is 30.1 Å². The number of rotatable bonds is 2. The van der Waals surface area contributed by atoms with Crippen molar-refractivity contribution in [2.24, 2.45) is 11.7 Å². The van der Waals surface area contributed by atoms with Gasteiger partial charge in [-0.05, 0) is 17.9 Å². The van der Waals surface area contributed by atoms with E-state index in [1.165, 1.54) is 0 Å². The van der Waals surface area contributed by atoms with Gasteiger partial charge < -0.3 is 16.0 Å². The first-order valence-electron chi connectivity index (χ1n) is 6.47. The van der Waals surface area contributed by atoms with Crippen LogP contribution in [0.5, 0.6) is 0 Å². The summed E-state index contributed by atoms with van der Waals surface area (Å²) in [7, 11) is 0. The van der Waals surface area contributed by atoms with Crippen LogP contribution in [0.3, 0.4) is 0 Å². The van der Waals surface area contributed by atoms with Crippen molar-refractivity contribution in [2.75, 3.05) is 13.1 Å². The SMILES string of the molecule is CC1CC(N)CN(C(=O)NCc2ccccc2)C1. The summed E-state index contributed by atoms with van der Waals surface area (Å²) >= 11 is 0. The lowest BCUT2D eigenvalue weighted by molar-refractivity contribution is 0.160. The smallest absolute Gasteiger partial charge is 0.317 e. The molecule has 1 heterocycles. The first-order chi connectivity index (χ1) is 8.65. The molecule has 0 bridgehead atoms. The molecule has 1 fully saturated rings. The quantitative estimate of drug-likeness (QED) is 0.833. The molecule has 0 saturated carbocycles. The highest BCUT2D eigenvalue weighted by atomic mass is 16.2. The first-order valence-corrected chi connectivity index (χ1v) is 6.47. The van der Waals surface area contributed by atoms with Crippen LogP contribution in [0.15, 0.2) is 30.3 Å². The van der Waals surface area contributed by atoms with Gasteiger partial charge in [0.05, 0.1) is 0 Å². The van der Waals surface area contributed by atoms with Crippen molar-refractivity contribution in [3.05, 3.63) is 35.9 Å². The summed E-state index contributed by atoms with van der Waals surface area (Å²) in [5.41, 5.74) is 7.05. The fraction of sp³-hybridized carbons (Fsp3) is 0.500. The lowest BCUT2D eigenvalue weighted by atomic mass is 9.97. The van der Waals surface area contributed by atoms with E-state index in [9.17, 15) is 4.79 Å². The summed E-state index contributed by atoms with van der Waals surface area (Å²) in [6, 6.07) is 10.0. The van der Waals surface area contributed by atoms with E-state index in [1.54, 1.807) is 0 Å². The molecule has 1 aromatic carbocycles. The minimum absolute atomic E-state index is 0.0131. The molecule has 1 saturated heterocycles. The van der Waals surface area contributed by atoms with Crippen molar-refractivity contribution in [3.8, 4) is 0 Å². The van der Waals surface area contributed by atoms with Crippen LogP contribution >= 0.6 is 0 Å². The molecule has 18 heavy (non-hydrogen) atoms. The van der Waals surface area contributed by atoms with Crippen LogP contribution in [0.4, 0.5) is 4.79 Å². The van der Waals surface area contributed by atoms with Gasteiger partial charge in [0.25, 0.3) is 0 Å². The second kappa shape index (κ2) is 5.87. The maximum atomic E-state index is 12.0. The van der Waals surface area contributed by atoms with Gasteiger partial charge in [0.2, 0.25) is 0 Å². The van der Waals surface area contributed by atoms with E-state index in [1.807, 2.05) is 35.2 Å². The third-order valence-electron chi connectivity index (χ3n) is 3.27. The molecule has 2 amide bonds. The van der Waals surface area contributed by atoms with E-state index < -0.39 is 0 Å². The van der Waals surface area contributed by atoms with Gasteiger partial charge in [-0.25, -0.2) is 4.79 Å². The van der Waals surface area contributed by atoms with E-state index in [0.717, 1.165) is 18.5 Å². The van der Waals surface area contributed by atoms with Gasteiger partial charge in [-0.15, -0.1) is 0 Å². The Morgan fingerprint density at radius 3 is 2.78 bits per heavy atom. The predicted molar refractivity (Wildman–Crippen MR) is 72.0 cm³/mol. The minimum Gasteiger partial charge on any atom is -0.334 e. The molecule has 2 rings (SSSR count). The zero-order valence-corrected chi connectivity index (χ0v) is 10.8. The Kier molecular flexibility index (Phi) is 4.20. The van der Waals surface area contributed by atoms with Crippen LogP contribution in [0.2, 0.25) is 0 Å². The molecule has 0 radical (unpaired) electrons. The molecule has 3 N–H and O–H groups in total. The maximum absolute atomic E-state index is 12.0. The summed E-state index contributed by atoms with van der Waals surface area (Å²) in [6.45, 7) is 4.16. The average Bonchev–Trinajstić information content (AvgIpc) is 2.36. The number of nitrogens with zero attached hydrogens (tertiary/aromatic N) is 1. The molecule has 2 unspecified atom stereocenters. The lowest BCUT2D eigenvalue weighted by Gasteiger charge is -2.34. The molecule has 1 aliphatic heterocycles. The number of nitrogens with two attached hydrogens (primary N) is 1. The van der Waals surface area contributed by atoms with Crippen molar-refractivity contribution < 1.29 is 4.79 Å². The van der Waals surface area contributed by atoms with Gasteiger partial charge in [-0.3, -0.25) is 0 Å². The van der Waals surface area contributed by atoms with E-state index in [0.29, 0.717) is 19.0 Å². The number of carbonyl (C=O) groups excluding carboxylic acids is 1. The Bertz CT molecular complexity index is 383. The lowest BCUT2D eigenvalue weighted by Crippen LogP contribution is -2.51. The largest absolute Gasteiger partial charge is 0.334 e. The van der Waals surface area contributed by atoms with Crippen molar-refractivity contribution >= 4 is 6.03 Å². The summed E-state index contributed by atoms with van der Waals surface area (Å²) in [6.07, 6.45) is 1.00. The van der Waals surface area contributed by atoms with Crippen LogP contribution < -0.4 is 11.1 Å². The number of nitrogens with one attached hydrogen (secondary N) is 1. The Morgan fingerprint density at radius 1 is 1.39 bits per heavy atom. The Balaban J connectivity index is 1.84. The number of piperidine rings is 1. The number of likely N-dealkylation sites (tertiary alicyclic amines) is 1. The highest BCUT2D eigenvalue weighted by Crippen LogP contribution is 2.14. The molecule has 4 nitrogen and oxygen atoms in total. The molecule has 0 aliphatic carbocycles. The summed E-state index contributed by atoms with van der Waals surface area (Å²) in [5, 5.41) is 2.94. The monoisotopic (exact) mass is 247 g/mol. The van der Waals surface area contributed by atoms with Crippen molar-refractivity contribution in [1.82, 2.24) is 10.2 Å². The molecule has 98 valence electrons. The van der Waals surface area contributed by atoms with Crippen LogP contribution in [0.25, 0.3) is 0 Å². The Labute approximate surface area is 108 Å². The van der Waals surface area contributed by atoms with Gasteiger partial charge in [0, 0.05) is 25.7 Å². The van der Waals surface area contributed by atoms with Crippen LogP contribution in [-0.2, 0) is 6.54 Å². The van der Waals surface area contributed by atoms with Gasteiger partial charge in [0.1, 0.15) is 0 Å². The normalized spacial score (nSPS) is 23.8. The second-order valence-electron chi connectivity index (χ2n) is 5.15.